The van der Waals surface area contributed by atoms with Gasteiger partial charge in [-0.3, -0.25) is 9.69 Å². The highest BCUT2D eigenvalue weighted by Crippen LogP contribution is 2.28. The molecule has 1 aliphatic carbocycles. The number of rotatable bonds is 7. The average Bonchev–Trinajstić information content (AvgIpc) is 3.35. The number of carbonyl (C=O) groups is 1. The first-order valence-electron chi connectivity index (χ1n) is 11.1. The Kier molecular flexibility index (Phi) is 6.87. The Bertz CT molecular complexity index is 742. The van der Waals surface area contributed by atoms with E-state index in [9.17, 15) is 4.79 Å². The van der Waals surface area contributed by atoms with Crippen LogP contribution in [-0.2, 0) is 11.2 Å². The molecule has 29 heavy (non-hydrogen) atoms. The first-order chi connectivity index (χ1) is 14.3. The van der Waals surface area contributed by atoms with E-state index in [0.717, 1.165) is 45.2 Å². The first-order valence-corrected chi connectivity index (χ1v) is 11.1. The molecule has 2 aliphatic rings. The molecule has 2 aromatic rings. The third-order valence-electron chi connectivity index (χ3n) is 6.38. The van der Waals surface area contributed by atoms with Crippen molar-refractivity contribution in [3.8, 4) is 0 Å². The minimum atomic E-state index is -0.0942. The van der Waals surface area contributed by atoms with Gasteiger partial charge in [-0.1, -0.05) is 56.0 Å². The largest absolute Gasteiger partial charge is 0.352 e. The average molecular weight is 397 g/mol. The summed E-state index contributed by atoms with van der Waals surface area (Å²) in [5.74, 6) is 0.187. The van der Waals surface area contributed by atoms with Gasteiger partial charge in [-0.15, -0.1) is 5.10 Å². The van der Waals surface area contributed by atoms with Crippen molar-refractivity contribution in [2.24, 2.45) is 0 Å². The predicted octanol–water partition coefficient (Wildman–Crippen LogP) is 2.76. The van der Waals surface area contributed by atoms with Crippen LogP contribution in [0.25, 0.3) is 0 Å². The number of carbonyl (C=O) groups excluding carboxylic acids is 1. The summed E-state index contributed by atoms with van der Waals surface area (Å²) < 4.78 is 1.81. The van der Waals surface area contributed by atoms with E-state index in [0.29, 0.717) is 6.04 Å². The number of hydrogen-bond acceptors (Lipinski definition) is 5. The number of benzene rings is 1. The van der Waals surface area contributed by atoms with Crippen LogP contribution in [0.4, 0.5) is 0 Å². The molecule has 156 valence electrons. The Morgan fingerprint density at radius 2 is 1.90 bits per heavy atom. The second-order valence-electron chi connectivity index (χ2n) is 8.48. The van der Waals surface area contributed by atoms with Crippen molar-refractivity contribution in [2.75, 3.05) is 13.1 Å². The highest BCUT2D eigenvalue weighted by molar-refractivity contribution is 5.82. The van der Waals surface area contributed by atoms with Gasteiger partial charge >= 0.3 is 0 Å². The molecule has 1 aliphatic heterocycles. The number of tetrazole rings is 1. The number of aryl methyl sites for hydroxylation is 1. The predicted molar refractivity (Wildman–Crippen MR) is 111 cm³/mol. The fraction of sp³-hybridized carbons (Fsp3) is 0.636. The fourth-order valence-electron chi connectivity index (χ4n) is 4.78. The number of amides is 1. The zero-order valence-corrected chi connectivity index (χ0v) is 17.1. The van der Waals surface area contributed by atoms with Gasteiger partial charge < -0.3 is 5.32 Å². The zero-order chi connectivity index (χ0) is 19.9. The minimum Gasteiger partial charge on any atom is -0.352 e. The van der Waals surface area contributed by atoms with Crippen LogP contribution < -0.4 is 5.32 Å². The van der Waals surface area contributed by atoms with Crippen molar-refractivity contribution < 1.29 is 4.79 Å². The molecular weight excluding hydrogens is 364 g/mol. The molecule has 0 spiro atoms. The lowest BCUT2D eigenvalue weighted by molar-refractivity contribution is -0.126. The highest BCUT2D eigenvalue weighted by atomic mass is 16.2. The molecule has 4 rings (SSSR count). The summed E-state index contributed by atoms with van der Waals surface area (Å²) in [4.78, 5) is 15.5. The lowest BCUT2D eigenvalue weighted by atomic mass is 10.1. The highest BCUT2D eigenvalue weighted by Gasteiger charge is 2.38. The molecule has 1 saturated heterocycles. The Hall–Kier alpha value is -2.28. The SMILES string of the molecule is O=C(NC1CCCCCC1)[C@@H]1C[C@H](n2cnnn2)CN1CCCc1ccccc1. The Morgan fingerprint density at radius 1 is 1.10 bits per heavy atom. The van der Waals surface area contributed by atoms with Gasteiger partial charge in [-0.25, -0.2) is 4.68 Å². The third-order valence-corrected chi connectivity index (χ3v) is 6.38. The van der Waals surface area contributed by atoms with Crippen LogP contribution in [0.5, 0.6) is 0 Å². The van der Waals surface area contributed by atoms with Gasteiger partial charge in [0.1, 0.15) is 6.33 Å². The maximum absolute atomic E-state index is 13.2. The van der Waals surface area contributed by atoms with Crippen LogP contribution in [0.15, 0.2) is 36.7 Å². The maximum Gasteiger partial charge on any atom is 0.237 e. The topological polar surface area (TPSA) is 75.9 Å². The van der Waals surface area contributed by atoms with Crippen molar-refractivity contribution in [2.45, 2.75) is 75.9 Å². The lowest BCUT2D eigenvalue weighted by Gasteiger charge is -2.26. The van der Waals surface area contributed by atoms with E-state index >= 15 is 0 Å². The number of nitrogens with zero attached hydrogens (tertiary/aromatic N) is 5. The lowest BCUT2D eigenvalue weighted by Crippen LogP contribution is -2.47. The Morgan fingerprint density at radius 3 is 2.62 bits per heavy atom. The summed E-state index contributed by atoms with van der Waals surface area (Å²) in [5.41, 5.74) is 1.35. The summed E-state index contributed by atoms with van der Waals surface area (Å²) in [5, 5.41) is 15.0. The van der Waals surface area contributed by atoms with E-state index in [1.807, 2.05) is 4.68 Å². The molecular formula is C22H32N6O. The van der Waals surface area contributed by atoms with E-state index in [2.05, 4.69) is 56.1 Å². The molecule has 1 saturated carbocycles. The van der Waals surface area contributed by atoms with Crippen molar-refractivity contribution in [1.82, 2.24) is 30.4 Å². The molecule has 0 unspecified atom stereocenters. The number of likely N-dealkylation sites (tertiary alicyclic amines) is 1. The van der Waals surface area contributed by atoms with E-state index in [1.54, 1.807) is 6.33 Å². The summed E-state index contributed by atoms with van der Waals surface area (Å²) >= 11 is 0. The van der Waals surface area contributed by atoms with E-state index < -0.39 is 0 Å². The third kappa shape index (κ3) is 5.41. The normalized spacial score (nSPS) is 23.7. The van der Waals surface area contributed by atoms with Crippen molar-refractivity contribution in [3.05, 3.63) is 42.2 Å². The standard InChI is InChI=1S/C22H32N6O/c29-22(24-19-12-6-1-2-7-13-19)21-15-20(28-17-23-25-26-28)16-27(21)14-8-11-18-9-4-3-5-10-18/h3-5,9-10,17,19-21H,1-2,6-8,11-16H2,(H,24,29)/t20-,21-/m0/s1. The van der Waals surface area contributed by atoms with Crippen molar-refractivity contribution in [1.29, 1.82) is 0 Å². The number of hydrogen-bond donors (Lipinski definition) is 1. The molecule has 7 heteroatoms. The molecule has 0 bridgehead atoms. The molecule has 1 N–H and O–H groups in total. The second kappa shape index (κ2) is 9.96. The van der Waals surface area contributed by atoms with E-state index in [4.69, 9.17) is 0 Å². The summed E-state index contributed by atoms with van der Waals surface area (Å²) in [6.07, 6.45) is 11.8. The minimum absolute atomic E-state index is 0.0942. The zero-order valence-electron chi connectivity index (χ0n) is 17.1. The Labute approximate surface area is 172 Å². The first kappa shape index (κ1) is 20.0. The van der Waals surface area contributed by atoms with Crippen molar-refractivity contribution >= 4 is 5.91 Å². The van der Waals surface area contributed by atoms with Crippen LogP contribution in [0.3, 0.4) is 0 Å². The van der Waals surface area contributed by atoms with Gasteiger partial charge in [-0.05, 0) is 54.6 Å². The molecule has 2 atom stereocenters. The van der Waals surface area contributed by atoms with Gasteiger partial charge in [0, 0.05) is 12.6 Å². The number of aromatic nitrogens is 4. The van der Waals surface area contributed by atoms with Crippen LogP contribution in [0.1, 0.15) is 63.0 Å². The van der Waals surface area contributed by atoms with Crippen LogP contribution >= 0.6 is 0 Å². The molecule has 1 aromatic heterocycles. The molecule has 1 aromatic carbocycles. The second-order valence-corrected chi connectivity index (χ2v) is 8.48. The maximum atomic E-state index is 13.2. The van der Waals surface area contributed by atoms with Crippen LogP contribution in [0, 0.1) is 0 Å². The summed E-state index contributed by atoms with van der Waals surface area (Å²) in [6, 6.07) is 11.0. The van der Waals surface area contributed by atoms with Gasteiger partial charge in [0.15, 0.2) is 0 Å². The van der Waals surface area contributed by atoms with Gasteiger partial charge in [-0.2, -0.15) is 0 Å². The fourth-order valence-corrected chi connectivity index (χ4v) is 4.78. The monoisotopic (exact) mass is 396 g/mol. The van der Waals surface area contributed by atoms with Crippen molar-refractivity contribution in [3.63, 3.8) is 0 Å². The smallest absolute Gasteiger partial charge is 0.237 e. The quantitative estimate of drug-likeness (QED) is 0.729. The number of nitrogens with one attached hydrogen (secondary N) is 1. The van der Waals surface area contributed by atoms with Gasteiger partial charge in [0.05, 0.1) is 12.1 Å². The molecule has 2 heterocycles. The molecule has 2 fully saturated rings. The van der Waals surface area contributed by atoms with Gasteiger partial charge in [0.2, 0.25) is 5.91 Å². The molecule has 0 radical (unpaired) electrons. The van der Waals surface area contributed by atoms with Gasteiger partial charge in [0.25, 0.3) is 0 Å². The van der Waals surface area contributed by atoms with Crippen LogP contribution in [0.2, 0.25) is 0 Å². The Balaban J connectivity index is 1.37. The molecule has 7 nitrogen and oxygen atoms in total. The van der Waals surface area contributed by atoms with E-state index in [-0.39, 0.29) is 18.0 Å². The van der Waals surface area contributed by atoms with Crippen LogP contribution in [-0.4, -0.2) is 56.2 Å². The summed E-state index contributed by atoms with van der Waals surface area (Å²) in [6.45, 7) is 1.73. The summed E-state index contributed by atoms with van der Waals surface area (Å²) in [7, 11) is 0. The molecule has 1 amide bonds. The van der Waals surface area contributed by atoms with E-state index in [1.165, 1.54) is 31.2 Å².